The lowest BCUT2D eigenvalue weighted by Gasteiger charge is -2.13. The Hall–Kier alpha value is -3.10. The molecule has 1 N–H and O–H groups in total. The highest BCUT2D eigenvalue weighted by molar-refractivity contribution is 7.15. The first-order valence-corrected chi connectivity index (χ1v) is 10.2. The summed E-state index contributed by atoms with van der Waals surface area (Å²) in [7, 11) is 3.00. The number of nitrogens with zero attached hydrogens (tertiary/aromatic N) is 2. The molecule has 154 valence electrons. The third-order valence-electron chi connectivity index (χ3n) is 4.51. The average molecular weight is 446 g/mol. The second-order valence-corrected chi connectivity index (χ2v) is 7.67. The number of hydrogen-bond acceptors (Lipinski definition) is 5. The summed E-state index contributed by atoms with van der Waals surface area (Å²) >= 11 is 7.54. The maximum Gasteiger partial charge on any atom is 0.230 e. The first kappa shape index (κ1) is 20.2. The van der Waals surface area contributed by atoms with Gasteiger partial charge in [-0.1, -0.05) is 11.6 Å². The SMILES string of the molecule is COc1cc(NC(=O)Cc2csc3nc(-c4ccc(F)cc4)cn23)c(OC)cc1Cl. The molecule has 0 fully saturated rings. The van der Waals surface area contributed by atoms with Crippen LogP contribution in [-0.2, 0) is 11.2 Å². The van der Waals surface area contributed by atoms with Crippen LogP contribution in [0.3, 0.4) is 0 Å². The summed E-state index contributed by atoms with van der Waals surface area (Å²) in [4.78, 5) is 18.0. The Morgan fingerprint density at radius 2 is 1.93 bits per heavy atom. The number of carbonyl (C=O) groups excluding carboxylic acids is 1. The Labute approximate surface area is 180 Å². The van der Waals surface area contributed by atoms with Gasteiger partial charge in [-0.05, 0) is 24.3 Å². The number of fused-ring (bicyclic) bond motifs is 1. The van der Waals surface area contributed by atoms with Gasteiger partial charge in [-0.2, -0.15) is 0 Å². The smallest absolute Gasteiger partial charge is 0.230 e. The number of aromatic nitrogens is 2. The van der Waals surface area contributed by atoms with Crippen LogP contribution in [-0.4, -0.2) is 29.5 Å². The van der Waals surface area contributed by atoms with Crippen molar-refractivity contribution in [3.8, 4) is 22.8 Å². The zero-order valence-corrected chi connectivity index (χ0v) is 17.7. The number of benzene rings is 2. The molecule has 0 saturated heterocycles. The number of amides is 1. The van der Waals surface area contributed by atoms with Gasteiger partial charge in [0, 0.05) is 35.0 Å². The van der Waals surface area contributed by atoms with Gasteiger partial charge in [0.05, 0.1) is 37.0 Å². The summed E-state index contributed by atoms with van der Waals surface area (Å²) < 4.78 is 25.5. The highest BCUT2D eigenvalue weighted by atomic mass is 35.5. The number of anilines is 1. The Morgan fingerprint density at radius 3 is 2.63 bits per heavy atom. The maximum absolute atomic E-state index is 13.2. The Kier molecular flexibility index (Phi) is 5.61. The topological polar surface area (TPSA) is 64.9 Å². The van der Waals surface area contributed by atoms with E-state index in [2.05, 4.69) is 10.3 Å². The summed E-state index contributed by atoms with van der Waals surface area (Å²) in [5.74, 6) is 0.343. The summed E-state index contributed by atoms with van der Waals surface area (Å²) in [6.45, 7) is 0. The first-order valence-electron chi connectivity index (χ1n) is 8.91. The molecule has 2 aromatic heterocycles. The van der Waals surface area contributed by atoms with Gasteiger partial charge in [0.2, 0.25) is 5.91 Å². The third kappa shape index (κ3) is 3.96. The van der Waals surface area contributed by atoms with Gasteiger partial charge >= 0.3 is 0 Å². The molecule has 2 heterocycles. The Balaban J connectivity index is 1.56. The molecule has 0 bridgehead atoms. The van der Waals surface area contributed by atoms with Crippen LogP contribution in [0.1, 0.15) is 5.69 Å². The number of methoxy groups -OCH3 is 2. The van der Waals surface area contributed by atoms with E-state index in [1.54, 1.807) is 24.3 Å². The van der Waals surface area contributed by atoms with E-state index >= 15 is 0 Å². The lowest BCUT2D eigenvalue weighted by Crippen LogP contribution is -2.16. The lowest BCUT2D eigenvalue weighted by atomic mass is 10.2. The largest absolute Gasteiger partial charge is 0.495 e. The standard InChI is InChI=1S/C21H17ClFN3O3S/c1-28-18-9-16(19(29-2)8-15(18)22)24-20(27)7-14-11-30-21-25-17(10-26(14)21)12-3-5-13(23)6-4-12/h3-6,8-11H,7H2,1-2H3,(H,24,27). The van der Waals surface area contributed by atoms with Crippen molar-refractivity contribution in [1.82, 2.24) is 9.38 Å². The number of ether oxygens (including phenoxy) is 2. The molecule has 0 spiro atoms. The fourth-order valence-corrected chi connectivity index (χ4v) is 4.14. The lowest BCUT2D eigenvalue weighted by molar-refractivity contribution is -0.115. The number of rotatable bonds is 6. The Morgan fingerprint density at radius 1 is 1.20 bits per heavy atom. The van der Waals surface area contributed by atoms with Gasteiger partial charge < -0.3 is 14.8 Å². The minimum atomic E-state index is -0.300. The minimum Gasteiger partial charge on any atom is -0.495 e. The maximum atomic E-state index is 13.2. The van der Waals surface area contributed by atoms with E-state index in [1.807, 2.05) is 16.0 Å². The highest BCUT2D eigenvalue weighted by Crippen LogP contribution is 2.36. The fourth-order valence-electron chi connectivity index (χ4n) is 3.03. The van der Waals surface area contributed by atoms with E-state index < -0.39 is 0 Å². The number of thiazole rings is 1. The van der Waals surface area contributed by atoms with Crippen molar-refractivity contribution in [2.75, 3.05) is 19.5 Å². The molecule has 0 aliphatic heterocycles. The average Bonchev–Trinajstić information content (AvgIpc) is 3.31. The van der Waals surface area contributed by atoms with E-state index in [1.165, 1.54) is 37.7 Å². The van der Waals surface area contributed by atoms with Gasteiger partial charge in [0.25, 0.3) is 0 Å². The number of halogens is 2. The predicted molar refractivity (Wildman–Crippen MR) is 115 cm³/mol. The number of hydrogen-bond donors (Lipinski definition) is 1. The van der Waals surface area contributed by atoms with Crippen molar-refractivity contribution in [3.63, 3.8) is 0 Å². The molecule has 1 amide bonds. The summed E-state index contributed by atoms with van der Waals surface area (Å²) in [6.07, 6.45) is 1.97. The molecule has 9 heteroatoms. The van der Waals surface area contributed by atoms with Crippen LogP contribution in [0.5, 0.6) is 11.5 Å². The molecule has 0 unspecified atom stereocenters. The van der Waals surface area contributed by atoms with Crippen molar-refractivity contribution < 1.29 is 18.7 Å². The quantitative estimate of drug-likeness (QED) is 0.451. The van der Waals surface area contributed by atoms with Crippen LogP contribution in [0.2, 0.25) is 5.02 Å². The van der Waals surface area contributed by atoms with E-state index in [9.17, 15) is 9.18 Å². The van der Waals surface area contributed by atoms with Crippen LogP contribution in [0.15, 0.2) is 48.0 Å². The molecule has 0 radical (unpaired) electrons. The monoisotopic (exact) mass is 445 g/mol. The Bertz CT molecular complexity index is 1220. The van der Waals surface area contributed by atoms with Crippen molar-refractivity contribution in [2.24, 2.45) is 0 Å². The molecule has 0 atom stereocenters. The van der Waals surface area contributed by atoms with Crippen LogP contribution >= 0.6 is 22.9 Å². The zero-order chi connectivity index (χ0) is 21.3. The molecular formula is C21H17ClFN3O3S. The van der Waals surface area contributed by atoms with Crippen molar-refractivity contribution in [1.29, 1.82) is 0 Å². The van der Waals surface area contributed by atoms with Crippen molar-refractivity contribution in [3.05, 3.63) is 64.5 Å². The molecule has 0 aliphatic carbocycles. The summed E-state index contributed by atoms with van der Waals surface area (Å²) in [6, 6.07) is 9.34. The van der Waals surface area contributed by atoms with Gasteiger partial charge in [-0.3, -0.25) is 9.20 Å². The van der Waals surface area contributed by atoms with E-state index in [-0.39, 0.29) is 18.1 Å². The minimum absolute atomic E-state index is 0.132. The number of imidazole rings is 1. The third-order valence-corrected chi connectivity index (χ3v) is 5.70. The van der Waals surface area contributed by atoms with Gasteiger partial charge in [0.1, 0.15) is 17.3 Å². The predicted octanol–water partition coefficient (Wildman–Crippen LogP) is 5.05. The van der Waals surface area contributed by atoms with Gasteiger partial charge in [-0.15, -0.1) is 11.3 Å². The van der Waals surface area contributed by atoms with Crippen LogP contribution < -0.4 is 14.8 Å². The summed E-state index contributed by atoms with van der Waals surface area (Å²) in [5.41, 5.74) is 2.77. The summed E-state index contributed by atoms with van der Waals surface area (Å²) in [5, 5.41) is 5.11. The zero-order valence-electron chi connectivity index (χ0n) is 16.1. The molecule has 2 aromatic carbocycles. The molecule has 4 rings (SSSR count). The molecule has 0 saturated carbocycles. The van der Waals surface area contributed by atoms with Gasteiger partial charge in [-0.25, -0.2) is 9.37 Å². The normalized spacial score (nSPS) is 10.9. The van der Waals surface area contributed by atoms with Crippen LogP contribution in [0.25, 0.3) is 16.2 Å². The van der Waals surface area contributed by atoms with E-state index in [0.29, 0.717) is 27.9 Å². The molecule has 6 nitrogen and oxygen atoms in total. The van der Waals surface area contributed by atoms with Gasteiger partial charge in [0.15, 0.2) is 4.96 Å². The van der Waals surface area contributed by atoms with Crippen molar-refractivity contribution in [2.45, 2.75) is 6.42 Å². The molecule has 30 heavy (non-hydrogen) atoms. The van der Waals surface area contributed by atoms with E-state index in [4.69, 9.17) is 21.1 Å². The molecular weight excluding hydrogens is 429 g/mol. The van der Waals surface area contributed by atoms with E-state index in [0.717, 1.165) is 16.2 Å². The number of nitrogens with one attached hydrogen (secondary N) is 1. The first-order chi connectivity index (χ1) is 14.5. The molecule has 4 aromatic rings. The molecule has 0 aliphatic rings. The highest BCUT2D eigenvalue weighted by Gasteiger charge is 2.16. The number of carbonyl (C=O) groups is 1. The van der Waals surface area contributed by atoms with Crippen molar-refractivity contribution >= 4 is 39.5 Å². The fraction of sp³-hybridized carbons (Fsp3) is 0.143. The second-order valence-electron chi connectivity index (χ2n) is 6.42. The second kappa shape index (κ2) is 8.33. The van der Waals surface area contributed by atoms with Crippen LogP contribution in [0.4, 0.5) is 10.1 Å². The van der Waals surface area contributed by atoms with Crippen LogP contribution in [0, 0.1) is 5.82 Å².